The molecule has 0 radical (unpaired) electrons. The van der Waals surface area contributed by atoms with Crippen LogP contribution in [-0.2, 0) is 0 Å². The van der Waals surface area contributed by atoms with E-state index in [1.807, 2.05) is 48.7 Å². The van der Waals surface area contributed by atoms with Crippen LogP contribution in [0, 0.1) is 0 Å². The molecular weight excluding hydrogens is 523 g/mol. The summed E-state index contributed by atoms with van der Waals surface area (Å²) < 4.78 is 0. The van der Waals surface area contributed by atoms with Crippen LogP contribution in [0.3, 0.4) is 0 Å². The first-order valence-electron chi connectivity index (χ1n) is 14.3. The molecule has 0 unspecified atom stereocenters. The topological polar surface area (TPSA) is 51.6 Å². The summed E-state index contributed by atoms with van der Waals surface area (Å²) in [6, 6.07) is 48.0. The molecular formula is C38H27BN4. The third-order valence-corrected chi connectivity index (χ3v) is 7.47. The second kappa shape index (κ2) is 11.7. The lowest BCUT2D eigenvalue weighted by atomic mass is 9.89. The minimum absolute atomic E-state index is 0.646. The largest absolute Gasteiger partial charge is 0.264 e. The van der Waals surface area contributed by atoms with Crippen molar-refractivity contribution in [3.05, 3.63) is 152 Å². The molecule has 5 heteroatoms. The van der Waals surface area contributed by atoms with E-state index in [2.05, 4.69) is 110 Å². The zero-order valence-corrected chi connectivity index (χ0v) is 23.7. The maximum atomic E-state index is 5.00. The molecule has 7 rings (SSSR count). The molecule has 4 nitrogen and oxygen atoms in total. The van der Waals surface area contributed by atoms with Gasteiger partial charge in [0, 0.05) is 29.1 Å². The van der Waals surface area contributed by atoms with Crippen LogP contribution in [0.4, 0.5) is 0 Å². The van der Waals surface area contributed by atoms with Gasteiger partial charge in [-0.3, -0.25) is 4.98 Å². The monoisotopic (exact) mass is 550 g/mol. The summed E-state index contributed by atoms with van der Waals surface area (Å²) in [5.41, 5.74) is 10.8. The summed E-state index contributed by atoms with van der Waals surface area (Å²) in [5, 5.41) is 0. The molecule has 5 aromatic carbocycles. The minimum atomic E-state index is 0.646. The quantitative estimate of drug-likeness (QED) is 0.201. The predicted octanol–water partition coefficient (Wildman–Crippen LogP) is 7.53. The van der Waals surface area contributed by atoms with Crippen LogP contribution in [0.2, 0.25) is 0 Å². The molecule has 0 atom stereocenters. The Hall–Kier alpha value is -5.68. The summed E-state index contributed by atoms with van der Waals surface area (Å²) in [6.45, 7) is 0. The number of nitrogens with zero attached hydrogens (tertiary/aromatic N) is 4. The van der Waals surface area contributed by atoms with Gasteiger partial charge in [0.2, 0.25) is 0 Å². The molecule has 7 aromatic rings. The minimum Gasteiger partial charge on any atom is -0.264 e. The van der Waals surface area contributed by atoms with Gasteiger partial charge in [0.15, 0.2) is 17.5 Å². The number of rotatable bonds is 6. The molecule has 0 bridgehead atoms. The molecule has 0 fully saturated rings. The molecule has 0 saturated heterocycles. The Morgan fingerprint density at radius 3 is 1.35 bits per heavy atom. The van der Waals surface area contributed by atoms with Gasteiger partial charge in [0.25, 0.3) is 0 Å². The molecule has 2 heterocycles. The van der Waals surface area contributed by atoms with E-state index in [-0.39, 0.29) is 0 Å². The van der Waals surface area contributed by atoms with E-state index in [1.54, 1.807) is 6.20 Å². The fourth-order valence-corrected chi connectivity index (χ4v) is 5.26. The zero-order valence-electron chi connectivity index (χ0n) is 23.7. The zero-order chi connectivity index (χ0) is 29.0. The second-order valence-corrected chi connectivity index (χ2v) is 10.5. The molecule has 2 aromatic heterocycles. The van der Waals surface area contributed by atoms with Crippen LogP contribution in [0.1, 0.15) is 0 Å². The Kier molecular flexibility index (Phi) is 7.12. The van der Waals surface area contributed by atoms with Crippen molar-refractivity contribution in [2.24, 2.45) is 0 Å². The van der Waals surface area contributed by atoms with E-state index in [0.29, 0.717) is 17.5 Å². The van der Waals surface area contributed by atoms with Crippen LogP contribution in [-0.4, -0.2) is 27.8 Å². The normalized spacial score (nSPS) is 10.9. The van der Waals surface area contributed by atoms with E-state index >= 15 is 0 Å². The first kappa shape index (κ1) is 26.2. The summed E-state index contributed by atoms with van der Waals surface area (Å²) in [4.78, 5) is 19.1. The molecule has 0 amide bonds. The summed E-state index contributed by atoms with van der Waals surface area (Å²) in [7, 11) is 2.11. The number of hydrogen-bond acceptors (Lipinski definition) is 4. The lowest BCUT2D eigenvalue weighted by Crippen LogP contribution is -2.05. The fourth-order valence-electron chi connectivity index (χ4n) is 5.26. The van der Waals surface area contributed by atoms with E-state index < -0.39 is 0 Å². The first-order valence-corrected chi connectivity index (χ1v) is 14.3. The fraction of sp³-hybridized carbons (Fsp3) is 0. The van der Waals surface area contributed by atoms with Crippen molar-refractivity contribution in [3.8, 4) is 67.5 Å². The van der Waals surface area contributed by atoms with Crippen LogP contribution in [0.15, 0.2) is 152 Å². The molecule has 0 aliphatic rings. The molecule has 202 valence electrons. The lowest BCUT2D eigenvalue weighted by Gasteiger charge is -2.11. The maximum absolute atomic E-state index is 5.00. The van der Waals surface area contributed by atoms with Gasteiger partial charge in [-0.05, 0) is 45.5 Å². The van der Waals surface area contributed by atoms with Gasteiger partial charge in [-0.2, -0.15) is 0 Å². The van der Waals surface area contributed by atoms with Crippen molar-refractivity contribution in [2.75, 3.05) is 0 Å². The van der Waals surface area contributed by atoms with Gasteiger partial charge in [-0.25, -0.2) is 15.0 Å². The Morgan fingerprint density at radius 2 is 0.767 bits per heavy atom. The smallest absolute Gasteiger partial charge is 0.164 e. The van der Waals surface area contributed by atoms with Crippen molar-refractivity contribution in [2.45, 2.75) is 0 Å². The molecule has 0 N–H and O–H groups in total. The highest BCUT2D eigenvalue weighted by atomic mass is 15.0. The average molecular weight is 550 g/mol. The van der Waals surface area contributed by atoms with Crippen molar-refractivity contribution < 1.29 is 0 Å². The van der Waals surface area contributed by atoms with Gasteiger partial charge in [-0.1, -0.05) is 133 Å². The van der Waals surface area contributed by atoms with Crippen molar-refractivity contribution in [3.63, 3.8) is 0 Å². The van der Waals surface area contributed by atoms with Crippen molar-refractivity contribution in [1.82, 2.24) is 19.9 Å². The maximum Gasteiger partial charge on any atom is 0.164 e. The van der Waals surface area contributed by atoms with Crippen LogP contribution >= 0.6 is 0 Å². The van der Waals surface area contributed by atoms with Crippen molar-refractivity contribution in [1.29, 1.82) is 0 Å². The van der Waals surface area contributed by atoms with Crippen LogP contribution < -0.4 is 5.46 Å². The lowest BCUT2D eigenvalue weighted by molar-refractivity contribution is 1.07. The average Bonchev–Trinajstić information content (AvgIpc) is 3.09. The summed E-state index contributed by atoms with van der Waals surface area (Å²) in [6.07, 6.45) is 3.68. The number of aromatic nitrogens is 4. The van der Waals surface area contributed by atoms with E-state index in [0.717, 1.165) is 50.0 Å². The third kappa shape index (κ3) is 5.74. The van der Waals surface area contributed by atoms with E-state index in [4.69, 9.17) is 15.0 Å². The van der Waals surface area contributed by atoms with Crippen LogP contribution in [0.25, 0.3) is 67.5 Å². The highest BCUT2D eigenvalue weighted by molar-refractivity contribution is 6.33. The van der Waals surface area contributed by atoms with Gasteiger partial charge in [0.05, 0.1) is 0 Å². The van der Waals surface area contributed by atoms with Gasteiger partial charge >= 0.3 is 0 Å². The van der Waals surface area contributed by atoms with E-state index in [9.17, 15) is 0 Å². The SMILES string of the molecule is Bc1cc(-c2ccc(-c3cccnc3)cc2)cc(-c2nc(-c3ccccc3)nc(-c3ccc(-c4ccccc4)cc3)n2)c1. The van der Waals surface area contributed by atoms with Gasteiger partial charge < -0.3 is 0 Å². The Morgan fingerprint density at radius 1 is 0.349 bits per heavy atom. The highest BCUT2D eigenvalue weighted by Crippen LogP contribution is 2.30. The van der Waals surface area contributed by atoms with E-state index in [1.165, 1.54) is 5.56 Å². The number of pyridine rings is 1. The molecule has 0 aliphatic carbocycles. The van der Waals surface area contributed by atoms with Crippen molar-refractivity contribution >= 4 is 13.3 Å². The number of hydrogen-bond donors (Lipinski definition) is 0. The Bertz CT molecular complexity index is 1990. The Labute approximate surface area is 252 Å². The van der Waals surface area contributed by atoms with Crippen LogP contribution in [0.5, 0.6) is 0 Å². The molecule has 0 saturated carbocycles. The third-order valence-electron chi connectivity index (χ3n) is 7.47. The number of benzene rings is 5. The van der Waals surface area contributed by atoms with Gasteiger partial charge in [0.1, 0.15) is 7.85 Å². The van der Waals surface area contributed by atoms with Gasteiger partial charge in [-0.15, -0.1) is 0 Å². The predicted molar refractivity (Wildman–Crippen MR) is 178 cm³/mol. The molecule has 0 spiro atoms. The standard InChI is InChI=1S/C38H27BN4/c39-35-23-33(29-15-13-28(14-16-29)32-12-7-21-40-25-32)22-34(24-35)38-42-36(30-10-5-2-6-11-30)41-37(43-38)31-19-17-27(18-20-31)26-8-3-1-4-9-26/h1-25H,39H2. The summed E-state index contributed by atoms with van der Waals surface area (Å²) >= 11 is 0. The first-order chi connectivity index (χ1) is 21.2. The summed E-state index contributed by atoms with van der Waals surface area (Å²) in [5.74, 6) is 1.94. The Balaban J connectivity index is 1.29. The molecule has 43 heavy (non-hydrogen) atoms. The highest BCUT2D eigenvalue weighted by Gasteiger charge is 2.14. The second-order valence-electron chi connectivity index (χ2n) is 10.5. The molecule has 0 aliphatic heterocycles.